The SMILES string of the molecule is CC(CNC1CC1)NCc1cc2c(s1)CCCCC2. The smallest absolute Gasteiger partial charge is 0.0302 e. The predicted octanol–water partition coefficient (Wildman–Crippen LogP) is 3.25. The largest absolute Gasteiger partial charge is 0.312 e. The van der Waals surface area contributed by atoms with Crippen LogP contribution in [0.5, 0.6) is 0 Å². The Morgan fingerprint density at radius 3 is 2.95 bits per heavy atom. The van der Waals surface area contributed by atoms with Gasteiger partial charge in [-0.05, 0) is 57.1 Å². The van der Waals surface area contributed by atoms with Crippen molar-refractivity contribution in [3.8, 4) is 0 Å². The van der Waals surface area contributed by atoms with Crippen molar-refractivity contribution in [1.82, 2.24) is 10.6 Å². The Labute approximate surface area is 121 Å². The summed E-state index contributed by atoms with van der Waals surface area (Å²) >= 11 is 2.04. The monoisotopic (exact) mass is 278 g/mol. The molecule has 0 amide bonds. The van der Waals surface area contributed by atoms with E-state index in [0.29, 0.717) is 6.04 Å². The molecule has 2 N–H and O–H groups in total. The normalized spacial score (nSPS) is 20.9. The number of rotatable bonds is 6. The molecule has 2 nitrogen and oxygen atoms in total. The molecule has 106 valence electrons. The zero-order valence-corrected chi connectivity index (χ0v) is 12.8. The van der Waals surface area contributed by atoms with Gasteiger partial charge in [-0.2, -0.15) is 0 Å². The Bertz CT molecular complexity index is 385. The molecule has 3 heteroatoms. The molecule has 1 unspecified atom stereocenters. The number of nitrogens with one attached hydrogen (secondary N) is 2. The molecule has 19 heavy (non-hydrogen) atoms. The third-order valence-corrected chi connectivity index (χ3v) is 5.45. The summed E-state index contributed by atoms with van der Waals surface area (Å²) in [5, 5.41) is 7.25. The predicted molar refractivity (Wildman–Crippen MR) is 82.9 cm³/mol. The van der Waals surface area contributed by atoms with E-state index in [-0.39, 0.29) is 0 Å². The summed E-state index contributed by atoms with van der Waals surface area (Å²) in [6, 6.07) is 3.85. The molecule has 0 radical (unpaired) electrons. The van der Waals surface area contributed by atoms with Gasteiger partial charge in [-0.1, -0.05) is 6.42 Å². The fourth-order valence-electron chi connectivity index (χ4n) is 2.79. The highest BCUT2D eigenvalue weighted by Crippen LogP contribution is 2.28. The average molecular weight is 278 g/mol. The van der Waals surface area contributed by atoms with Crippen molar-refractivity contribution in [3.05, 3.63) is 21.4 Å². The molecule has 1 atom stereocenters. The van der Waals surface area contributed by atoms with E-state index in [4.69, 9.17) is 0 Å². The van der Waals surface area contributed by atoms with Gasteiger partial charge < -0.3 is 10.6 Å². The lowest BCUT2D eigenvalue weighted by Crippen LogP contribution is -2.36. The van der Waals surface area contributed by atoms with E-state index in [1.165, 1.54) is 49.8 Å². The summed E-state index contributed by atoms with van der Waals surface area (Å²) in [5.74, 6) is 0. The van der Waals surface area contributed by atoms with Crippen LogP contribution in [0.1, 0.15) is 54.3 Å². The number of hydrogen-bond donors (Lipinski definition) is 2. The third kappa shape index (κ3) is 4.04. The van der Waals surface area contributed by atoms with E-state index in [2.05, 4.69) is 23.6 Å². The first-order chi connectivity index (χ1) is 9.31. The number of thiophene rings is 1. The van der Waals surface area contributed by atoms with Gasteiger partial charge in [-0.3, -0.25) is 0 Å². The molecule has 1 heterocycles. The molecule has 0 spiro atoms. The summed E-state index contributed by atoms with van der Waals surface area (Å²) in [4.78, 5) is 3.20. The number of aryl methyl sites for hydroxylation is 2. The Kier molecular flexibility index (Phi) is 4.57. The summed E-state index contributed by atoms with van der Waals surface area (Å²) < 4.78 is 0. The first-order valence-electron chi connectivity index (χ1n) is 7.88. The van der Waals surface area contributed by atoms with Crippen LogP contribution in [0.25, 0.3) is 0 Å². The van der Waals surface area contributed by atoms with Gasteiger partial charge in [0, 0.05) is 34.9 Å². The zero-order chi connectivity index (χ0) is 13.1. The lowest BCUT2D eigenvalue weighted by atomic mass is 10.1. The van der Waals surface area contributed by atoms with Crippen LogP contribution in [0.4, 0.5) is 0 Å². The summed E-state index contributed by atoms with van der Waals surface area (Å²) in [7, 11) is 0. The lowest BCUT2D eigenvalue weighted by Gasteiger charge is -2.13. The minimum Gasteiger partial charge on any atom is -0.312 e. The Hall–Kier alpha value is -0.380. The second kappa shape index (κ2) is 6.38. The highest BCUT2D eigenvalue weighted by atomic mass is 32.1. The molecule has 1 aromatic heterocycles. The van der Waals surface area contributed by atoms with Gasteiger partial charge in [0.05, 0.1) is 0 Å². The topological polar surface area (TPSA) is 24.1 Å². The minimum absolute atomic E-state index is 0.572. The van der Waals surface area contributed by atoms with Crippen LogP contribution in [0.3, 0.4) is 0 Å². The zero-order valence-electron chi connectivity index (χ0n) is 12.0. The second-order valence-electron chi connectivity index (χ2n) is 6.19. The molecule has 1 fully saturated rings. The van der Waals surface area contributed by atoms with Crippen molar-refractivity contribution >= 4 is 11.3 Å². The van der Waals surface area contributed by atoms with E-state index in [9.17, 15) is 0 Å². The Morgan fingerprint density at radius 1 is 1.26 bits per heavy atom. The van der Waals surface area contributed by atoms with Crippen LogP contribution >= 0.6 is 11.3 Å². The molecule has 2 aliphatic carbocycles. The third-order valence-electron chi connectivity index (χ3n) is 4.21. The maximum Gasteiger partial charge on any atom is 0.0302 e. The molecular formula is C16H26N2S. The maximum absolute atomic E-state index is 3.65. The molecular weight excluding hydrogens is 252 g/mol. The van der Waals surface area contributed by atoms with E-state index in [1.54, 1.807) is 10.4 Å². The maximum atomic E-state index is 3.65. The molecule has 0 aromatic carbocycles. The summed E-state index contributed by atoms with van der Waals surface area (Å²) in [5.41, 5.74) is 1.64. The van der Waals surface area contributed by atoms with Crippen molar-refractivity contribution in [2.45, 2.75) is 70.5 Å². The lowest BCUT2D eigenvalue weighted by molar-refractivity contribution is 0.502. The first kappa shape index (κ1) is 13.6. The summed E-state index contributed by atoms with van der Waals surface area (Å²) in [6.07, 6.45) is 9.58. The fraction of sp³-hybridized carbons (Fsp3) is 0.750. The van der Waals surface area contributed by atoms with E-state index < -0.39 is 0 Å². The van der Waals surface area contributed by atoms with Crippen molar-refractivity contribution in [2.24, 2.45) is 0 Å². The molecule has 1 saturated carbocycles. The van der Waals surface area contributed by atoms with Crippen molar-refractivity contribution in [2.75, 3.05) is 6.54 Å². The quantitative estimate of drug-likeness (QED) is 0.781. The first-order valence-corrected chi connectivity index (χ1v) is 8.70. The molecule has 1 aromatic rings. The van der Waals surface area contributed by atoms with Gasteiger partial charge in [0.15, 0.2) is 0 Å². The number of fused-ring (bicyclic) bond motifs is 1. The summed E-state index contributed by atoms with van der Waals surface area (Å²) in [6.45, 7) is 4.44. The molecule has 0 saturated heterocycles. The van der Waals surface area contributed by atoms with Gasteiger partial charge in [0.25, 0.3) is 0 Å². The van der Waals surface area contributed by atoms with Crippen LogP contribution in [0, 0.1) is 0 Å². The van der Waals surface area contributed by atoms with Gasteiger partial charge in [0.2, 0.25) is 0 Å². The molecule has 3 rings (SSSR count). The highest BCUT2D eigenvalue weighted by Gasteiger charge is 2.20. The van der Waals surface area contributed by atoms with Crippen molar-refractivity contribution in [1.29, 1.82) is 0 Å². The second-order valence-corrected chi connectivity index (χ2v) is 7.41. The minimum atomic E-state index is 0.572. The standard InChI is InChI=1S/C16H26N2S/c1-12(10-18-14-7-8-14)17-11-15-9-13-5-3-2-4-6-16(13)19-15/h9,12,14,17-18H,2-8,10-11H2,1H3. The van der Waals surface area contributed by atoms with Crippen LogP contribution in [0.2, 0.25) is 0 Å². The van der Waals surface area contributed by atoms with Gasteiger partial charge in [-0.25, -0.2) is 0 Å². The van der Waals surface area contributed by atoms with E-state index in [0.717, 1.165) is 19.1 Å². The fourth-order valence-corrected chi connectivity index (χ4v) is 4.01. The van der Waals surface area contributed by atoms with Gasteiger partial charge in [-0.15, -0.1) is 11.3 Å². The molecule has 0 aliphatic heterocycles. The highest BCUT2D eigenvalue weighted by molar-refractivity contribution is 7.12. The van der Waals surface area contributed by atoms with Crippen LogP contribution in [0.15, 0.2) is 6.07 Å². The number of hydrogen-bond acceptors (Lipinski definition) is 3. The van der Waals surface area contributed by atoms with Gasteiger partial charge >= 0.3 is 0 Å². The Balaban J connectivity index is 1.46. The molecule has 0 bridgehead atoms. The average Bonchev–Trinajstić information content (AvgIpc) is 3.19. The van der Waals surface area contributed by atoms with Crippen molar-refractivity contribution < 1.29 is 0 Å². The Morgan fingerprint density at radius 2 is 2.11 bits per heavy atom. The van der Waals surface area contributed by atoms with Crippen molar-refractivity contribution in [3.63, 3.8) is 0 Å². The van der Waals surface area contributed by atoms with Crippen LogP contribution in [-0.4, -0.2) is 18.6 Å². The van der Waals surface area contributed by atoms with E-state index >= 15 is 0 Å². The van der Waals surface area contributed by atoms with Crippen LogP contribution < -0.4 is 10.6 Å². The van der Waals surface area contributed by atoms with Gasteiger partial charge in [0.1, 0.15) is 0 Å². The van der Waals surface area contributed by atoms with Crippen LogP contribution in [-0.2, 0) is 19.4 Å². The van der Waals surface area contributed by atoms with E-state index in [1.807, 2.05) is 11.3 Å². The molecule has 2 aliphatic rings.